The lowest BCUT2D eigenvalue weighted by atomic mass is 10.2. The summed E-state index contributed by atoms with van der Waals surface area (Å²) in [7, 11) is 0. The van der Waals surface area contributed by atoms with Gasteiger partial charge in [-0.2, -0.15) is 0 Å². The van der Waals surface area contributed by atoms with Crippen LogP contribution in [0, 0.1) is 0 Å². The van der Waals surface area contributed by atoms with E-state index in [2.05, 4.69) is 6.58 Å². The second-order valence-electron chi connectivity index (χ2n) is 3.47. The van der Waals surface area contributed by atoms with Gasteiger partial charge in [0.05, 0.1) is 6.04 Å². The predicted molar refractivity (Wildman–Crippen MR) is 58.0 cm³/mol. The lowest BCUT2D eigenvalue weighted by molar-refractivity contribution is -0.131. The molecular formula is C11H15NO4. The van der Waals surface area contributed by atoms with Crippen LogP contribution in [0.5, 0.6) is 0 Å². The third-order valence-electron chi connectivity index (χ3n) is 2.32. The fraction of sp³-hybridized carbons (Fsp3) is 0.455. The minimum absolute atomic E-state index is 0.171. The Morgan fingerprint density at radius 1 is 1.56 bits per heavy atom. The highest BCUT2D eigenvalue weighted by molar-refractivity contribution is 5.80. The molecule has 1 N–H and O–H groups in total. The molecule has 0 bridgehead atoms. The zero-order chi connectivity index (χ0) is 12.0. The molecule has 0 saturated carbocycles. The highest BCUT2D eigenvalue weighted by Crippen LogP contribution is 2.19. The Bertz CT molecular complexity index is 311. The van der Waals surface area contributed by atoms with Crippen molar-refractivity contribution in [1.29, 1.82) is 0 Å². The minimum atomic E-state index is -1.01. The molecule has 1 aliphatic rings. The average molecular weight is 225 g/mol. The number of hydrogen-bond donors (Lipinski definition) is 1. The van der Waals surface area contributed by atoms with Gasteiger partial charge in [-0.3, -0.25) is 0 Å². The number of carbonyl (C=O) groups excluding carboxylic acids is 1. The molecule has 1 unspecified atom stereocenters. The van der Waals surface area contributed by atoms with E-state index in [1.54, 1.807) is 0 Å². The van der Waals surface area contributed by atoms with E-state index in [9.17, 15) is 9.59 Å². The Balaban J connectivity index is 2.54. The molecule has 0 aromatic carbocycles. The van der Waals surface area contributed by atoms with Crippen molar-refractivity contribution >= 4 is 12.1 Å². The molecular weight excluding hydrogens is 210 g/mol. The SMILES string of the molecule is C=CCOC(=O)N1CCCC1/C=C/C(=O)O. The van der Waals surface area contributed by atoms with Gasteiger partial charge in [-0.25, -0.2) is 9.59 Å². The summed E-state index contributed by atoms with van der Waals surface area (Å²) in [6, 6.07) is -0.173. The number of amides is 1. The van der Waals surface area contributed by atoms with Gasteiger partial charge in [-0.15, -0.1) is 0 Å². The Morgan fingerprint density at radius 3 is 2.94 bits per heavy atom. The molecule has 0 aromatic rings. The van der Waals surface area contributed by atoms with Gasteiger partial charge in [-0.1, -0.05) is 18.7 Å². The Hall–Kier alpha value is -1.78. The molecule has 1 heterocycles. The fourth-order valence-electron chi connectivity index (χ4n) is 1.63. The van der Waals surface area contributed by atoms with E-state index in [0.29, 0.717) is 6.54 Å². The first-order valence-corrected chi connectivity index (χ1v) is 5.10. The summed E-state index contributed by atoms with van der Waals surface area (Å²) in [4.78, 5) is 23.4. The summed E-state index contributed by atoms with van der Waals surface area (Å²) in [6.07, 6.45) is 5.28. The molecule has 0 aliphatic carbocycles. The van der Waals surface area contributed by atoms with Crippen LogP contribution in [-0.4, -0.2) is 41.3 Å². The highest BCUT2D eigenvalue weighted by atomic mass is 16.6. The smallest absolute Gasteiger partial charge is 0.410 e. The first kappa shape index (κ1) is 12.3. The summed E-state index contributed by atoms with van der Waals surface area (Å²) in [6.45, 7) is 4.22. The van der Waals surface area contributed by atoms with Crippen LogP contribution in [0.2, 0.25) is 0 Å². The average Bonchev–Trinajstić information content (AvgIpc) is 2.71. The lowest BCUT2D eigenvalue weighted by Crippen LogP contribution is -2.35. The topological polar surface area (TPSA) is 66.8 Å². The van der Waals surface area contributed by atoms with Crippen molar-refractivity contribution in [3.63, 3.8) is 0 Å². The Kier molecular flexibility index (Phi) is 4.57. The number of rotatable bonds is 4. The maximum absolute atomic E-state index is 11.5. The van der Waals surface area contributed by atoms with E-state index >= 15 is 0 Å². The number of likely N-dealkylation sites (tertiary alicyclic amines) is 1. The monoisotopic (exact) mass is 225 g/mol. The first-order chi connectivity index (χ1) is 7.65. The number of carbonyl (C=O) groups is 2. The molecule has 0 aromatic heterocycles. The molecule has 1 amide bonds. The molecule has 0 radical (unpaired) electrons. The maximum atomic E-state index is 11.5. The number of hydrogen-bond acceptors (Lipinski definition) is 3. The second kappa shape index (κ2) is 5.95. The van der Waals surface area contributed by atoms with Gasteiger partial charge >= 0.3 is 12.1 Å². The van der Waals surface area contributed by atoms with Gasteiger partial charge in [-0.05, 0) is 12.8 Å². The molecule has 1 atom stereocenters. The zero-order valence-electron chi connectivity index (χ0n) is 8.96. The van der Waals surface area contributed by atoms with Crippen LogP contribution >= 0.6 is 0 Å². The molecule has 0 spiro atoms. The van der Waals surface area contributed by atoms with Crippen molar-refractivity contribution in [1.82, 2.24) is 4.90 Å². The van der Waals surface area contributed by atoms with Crippen molar-refractivity contribution in [2.45, 2.75) is 18.9 Å². The predicted octanol–water partition coefficient (Wildman–Crippen LogP) is 1.41. The van der Waals surface area contributed by atoms with Crippen LogP contribution in [0.25, 0.3) is 0 Å². The van der Waals surface area contributed by atoms with Crippen LogP contribution in [0.4, 0.5) is 4.79 Å². The summed E-state index contributed by atoms with van der Waals surface area (Å²) >= 11 is 0. The molecule has 1 aliphatic heterocycles. The van der Waals surface area contributed by atoms with Gasteiger partial charge < -0.3 is 14.7 Å². The van der Waals surface area contributed by atoms with E-state index in [-0.39, 0.29) is 12.6 Å². The summed E-state index contributed by atoms with van der Waals surface area (Å²) in [5.41, 5.74) is 0. The first-order valence-electron chi connectivity index (χ1n) is 5.10. The Labute approximate surface area is 94.0 Å². The number of nitrogens with zero attached hydrogens (tertiary/aromatic N) is 1. The van der Waals surface area contributed by atoms with Crippen molar-refractivity contribution in [2.75, 3.05) is 13.2 Å². The molecule has 16 heavy (non-hydrogen) atoms. The third kappa shape index (κ3) is 3.42. The lowest BCUT2D eigenvalue weighted by Gasteiger charge is -2.20. The minimum Gasteiger partial charge on any atom is -0.478 e. The van der Waals surface area contributed by atoms with Gasteiger partial charge in [0, 0.05) is 12.6 Å². The highest BCUT2D eigenvalue weighted by Gasteiger charge is 2.27. The largest absolute Gasteiger partial charge is 0.478 e. The summed E-state index contributed by atoms with van der Waals surface area (Å²) in [5.74, 6) is -1.01. The van der Waals surface area contributed by atoms with E-state index < -0.39 is 12.1 Å². The van der Waals surface area contributed by atoms with Crippen molar-refractivity contribution < 1.29 is 19.4 Å². The molecule has 5 heteroatoms. The zero-order valence-corrected chi connectivity index (χ0v) is 8.96. The quantitative estimate of drug-likeness (QED) is 0.580. The van der Waals surface area contributed by atoms with Crippen molar-refractivity contribution in [3.05, 3.63) is 24.8 Å². The van der Waals surface area contributed by atoms with Crippen molar-refractivity contribution in [2.24, 2.45) is 0 Å². The van der Waals surface area contributed by atoms with Crippen LogP contribution < -0.4 is 0 Å². The molecule has 1 saturated heterocycles. The van der Waals surface area contributed by atoms with Crippen molar-refractivity contribution in [3.8, 4) is 0 Å². The van der Waals surface area contributed by atoms with Gasteiger partial charge in [0.2, 0.25) is 0 Å². The van der Waals surface area contributed by atoms with E-state index in [1.807, 2.05) is 0 Å². The maximum Gasteiger partial charge on any atom is 0.410 e. The van der Waals surface area contributed by atoms with E-state index in [4.69, 9.17) is 9.84 Å². The third-order valence-corrected chi connectivity index (χ3v) is 2.32. The van der Waals surface area contributed by atoms with Gasteiger partial charge in [0.15, 0.2) is 0 Å². The van der Waals surface area contributed by atoms with E-state index in [0.717, 1.165) is 18.9 Å². The second-order valence-corrected chi connectivity index (χ2v) is 3.47. The summed E-state index contributed by atoms with van der Waals surface area (Å²) in [5, 5.41) is 8.51. The molecule has 1 fully saturated rings. The number of ether oxygens (including phenoxy) is 1. The van der Waals surface area contributed by atoms with Crippen LogP contribution in [0.3, 0.4) is 0 Å². The normalized spacial score (nSPS) is 20.0. The van der Waals surface area contributed by atoms with Gasteiger partial charge in [0.25, 0.3) is 0 Å². The standard InChI is InChI=1S/C11H15NO4/c1-2-8-16-11(15)12-7-3-4-9(12)5-6-10(13)14/h2,5-6,9H,1,3-4,7-8H2,(H,13,14)/b6-5+. The Morgan fingerprint density at radius 2 is 2.31 bits per heavy atom. The molecule has 1 rings (SSSR count). The van der Waals surface area contributed by atoms with E-state index in [1.165, 1.54) is 17.1 Å². The molecule has 88 valence electrons. The fourth-order valence-corrected chi connectivity index (χ4v) is 1.63. The molecule has 5 nitrogen and oxygen atoms in total. The van der Waals surface area contributed by atoms with Crippen LogP contribution in [0.1, 0.15) is 12.8 Å². The van der Waals surface area contributed by atoms with Crippen LogP contribution in [0.15, 0.2) is 24.8 Å². The number of aliphatic carboxylic acids is 1. The van der Waals surface area contributed by atoms with Crippen LogP contribution in [-0.2, 0) is 9.53 Å². The number of carboxylic acids is 1. The summed E-state index contributed by atoms with van der Waals surface area (Å²) < 4.78 is 4.90. The van der Waals surface area contributed by atoms with Gasteiger partial charge in [0.1, 0.15) is 6.61 Å². The number of carboxylic acid groups (broad SMARTS) is 1.